The van der Waals surface area contributed by atoms with Gasteiger partial charge in [0, 0.05) is 25.6 Å². The first-order valence-corrected chi connectivity index (χ1v) is 6.57. The maximum Gasteiger partial charge on any atom is 0.317 e. The van der Waals surface area contributed by atoms with Gasteiger partial charge in [0.1, 0.15) is 0 Å². The number of carbonyl (C=O) groups is 1. The second-order valence-corrected chi connectivity index (χ2v) is 4.69. The van der Waals surface area contributed by atoms with Gasteiger partial charge >= 0.3 is 6.03 Å². The van der Waals surface area contributed by atoms with Crippen molar-refractivity contribution in [3.8, 4) is 0 Å². The number of carbonyl (C=O) groups excluding carboxylic acids is 1. The third kappa shape index (κ3) is 3.33. The van der Waals surface area contributed by atoms with Crippen molar-refractivity contribution in [3.05, 3.63) is 0 Å². The zero-order valence-electron chi connectivity index (χ0n) is 10.5. The Morgan fingerprint density at radius 3 is 2.88 bits per heavy atom. The summed E-state index contributed by atoms with van der Waals surface area (Å²) in [6, 6.07) is 0.0505. The third-order valence-corrected chi connectivity index (χ3v) is 3.30. The van der Waals surface area contributed by atoms with Crippen LogP contribution in [0.4, 0.5) is 4.79 Å². The zero-order valence-corrected chi connectivity index (χ0v) is 10.5. The minimum atomic E-state index is -0.100. The Balaban J connectivity index is 1.81. The van der Waals surface area contributed by atoms with Crippen molar-refractivity contribution in [2.75, 3.05) is 32.8 Å². The van der Waals surface area contributed by atoms with Gasteiger partial charge in [-0.05, 0) is 19.3 Å². The van der Waals surface area contributed by atoms with Gasteiger partial charge < -0.3 is 19.7 Å². The maximum absolute atomic E-state index is 11.9. The second-order valence-electron chi connectivity index (χ2n) is 4.69. The molecule has 17 heavy (non-hydrogen) atoms. The van der Waals surface area contributed by atoms with E-state index in [4.69, 9.17) is 9.47 Å². The predicted molar refractivity (Wildman–Crippen MR) is 63.7 cm³/mol. The maximum atomic E-state index is 11.9. The van der Waals surface area contributed by atoms with Gasteiger partial charge in [-0.25, -0.2) is 4.79 Å². The van der Waals surface area contributed by atoms with E-state index in [0.717, 1.165) is 38.9 Å². The number of urea groups is 1. The molecule has 0 bridgehead atoms. The molecule has 1 N–H and O–H groups in total. The zero-order chi connectivity index (χ0) is 12.1. The fraction of sp³-hybridized carbons (Fsp3) is 0.917. The molecule has 5 nitrogen and oxygen atoms in total. The predicted octanol–water partition coefficient (Wildman–Crippen LogP) is 1.19. The first-order chi connectivity index (χ1) is 8.31. The largest absolute Gasteiger partial charge is 0.350 e. The molecule has 98 valence electrons. The summed E-state index contributed by atoms with van der Waals surface area (Å²) in [6.07, 6.45) is 2.99. The van der Waals surface area contributed by atoms with Crippen molar-refractivity contribution in [1.29, 1.82) is 0 Å². The van der Waals surface area contributed by atoms with Gasteiger partial charge in [-0.1, -0.05) is 6.92 Å². The molecule has 0 aliphatic carbocycles. The lowest BCUT2D eigenvalue weighted by Crippen LogP contribution is -2.48. The normalized spacial score (nSPS) is 26.2. The summed E-state index contributed by atoms with van der Waals surface area (Å²) < 4.78 is 11.0. The highest BCUT2D eigenvalue weighted by Crippen LogP contribution is 2.24. The van der Waals surface area contributed by atoms with Crippen LogP contribution in [0.2, 0.25) is 0 Å². The number of hydrogen-bond donors (Lipinski definition) is 1. The average Bonchev–Trinajstić information content (AvgIpc) is 2.90. The van der Waals surface area contributed by atoms with E-state index in [2.05, 4.69) is 12.2 Å². The van der Waals surface area contributed by atoms with E-state index >= 15 is 0 Å². The molecular formula is C12H22N2O3. The van der Waals surface area contributed by atoms with Gasteiger partial charge in [-0.2, -0.15) is 0 Å². The molecule has 0 spiro atoms. The molecule has 2 fully saturated rings. The Morgan fingerprint density at radius 2 is 2.18 bits per heavy atom. The molecule has 2 aliphatic rings. The fourth-order valence-corrected chi connectivity index (χ4v) is 2.41. The second kappa shape index (κ2) is 6.21. The smallest absolute Gasteiger partial charge is 0.317 e. The molecule has 5 heteroatoms. The van der Waals surface area contributed by atoms with Crippen LogP contribution in [-0.2, 0) is 9.47 Å². The fourth-order valence-electron chi connectivity index (χ4n) is 2.41. The molecule has 0 unspecified atom stereocenters. The van der Waals surface area contributed by atoms with E-state index in [1.165, 1.54) is 0 Å². The molecule has 2 saturated heterocycles. The highest BCUT2D eigenvalue weighted by atomic mass is 16.7. The van der Waals surface area contributed by atoms with Gasteiger partial charge in [0.25, 0.3) is 0 Å². The highest BCUT2D eigenvalue weighted by Gasteiger charge is 2.32. The molecule has 2 amide bonds. The number of rotatable bonds is 3. The summed E-state index contributed by atoms with van der Waals surface area (Å²) in [5.74, 6) is 0.332. The van der Waals surface area contributed by atoms with Gasteiger partial charge in [-0.15, -0.1) is 0 Å². The molecule has 0 aromatic carbocycles. The van der Waals surface area contributed by atoms with Crippen LogP contribution in [0.3, 0.4) is 0 Å². The Hall–Kier alpha value is -0.810. The van der Waals surface area contributed by atoms with Gasteiger partial charge in [0.05, 0.1) is 13.2 Å². The number of nitrogens with zero attached hydrogens (tertiary/aromatic N) is 1. The number of likely N-dealkylation sites (tertiary alicyclic amines) is 1. The summed E-state index contributed by atoms with van der Waals surface area (Å²) in [7, 11) is 0. The summed E-state index contributed by atoms with van der Waals surface area (Å²) in [6.45, 7) is 5.77. The summed E-state index contributed by atoms with van der Waals surface area (Å²) in [5.41, 5.74) is 0. The third-order valence-electron chi connectivity index (χ3n) is 3.30. The van der Waals surface area contributed by atoms with Crippen molar-refractivity contribution in [2.45, 2.75) is 32.5 Å². The summed E-state index contributed by atoms with van der Waals surface area (Å²) in [5, 5.41) is 2.92. The number of piperidine rings is 1. The number of hydrogen-bond acceptors (Lipinski definition) is 3. The van der Waals surface area contributed by atoms with Crippen LogP contribution in [0.5, 0.6) is 0 Å². The Bertz CT molecular complexity index is 254. The van der Waals surface area contributed by atoms with Crippen LogP contribution < -0.4 is 5.32 Å². The van der Waals surface area contributed by atoms with Crippen molar-refractivity contribution in [2.24, 2.45) is 5.92 Å². The molecule has 0 aromatic rings. The van der Waals surface area contributed by atoms with E-state index in [0.29, 0.717) is 19.1 Å². The van der Waals surface area contributed by atoms with Gasteiger partial charge in [0.15, 0.2) is 6.29 Å². The van der Waals surface area contributed by atoms with E-state index in [1.807, 2.05) is 4.90 Å². The first kappa shape index (κ1) is 12.6. The van der Waals surface area contributed by atoms with E-state index in [9.17, 15) is 4.79 Å². The molecule has 0 saturated carbocycles. The van der Waals surface area contributed by atoms with Crippen molar-refractivity contribution >= 4 is 6.03 Å². The minimum Gasteiger partial charge on any atom is -0.350 e. The molecule has 2 aliphatic heterocycles. The first-order valence-electron chi connectivity index (χ1n) is 6.57. The van der Waals surface area contributed by atoms with Gasteiger partial charge in [-0.3, -0.25) is 0 Å². The standard InChI is InChI=1S/C12H22N2O3/c1-2-5-13-12(15)14-6-3-4-10(9-14)11-16-7-8-17-11/h10-11H,2-9H2,1H3,(H,13,15)/t10-/m1/s1. The SMILES string of the molecule is CCCNC(=O)N1CCC[C@@H](C2OCCO2)C1. The number of nitrogens with one attached hydrogen (secondary N) is 1. The Labute approximate surface area is 102 Å². The molecule has 2 rings (SSSR count). The Kier molecular flexibility index (Phi) is 4.62. The quantitative estimate of drug-likeness (QED) is 0.809. The van der Waals surface area contributed by atoms with Crippen molar-refractivity contribution in [1.82, 2.24) is 10.2 Å². The lowest BCUT2D eigenvalue weighted by molar-refractivity contribution is -0.0963. The van der Waals surface area contributed by atoms with Crippen LogP contribution >= 0.6 is 0 Å². The van der Waals surface area contributed by atoms with Crippen molar-refractivity contribution in [3.63, 3.8) is 0 Å². The highest BCUT2D eigenvalue weighted by molar-refractivity contribution is 5.74. The van der Waals surface area contributed by atoms with Crippen LogP contribution in [0.1, 0.15) is 26.2 Å². The van der Waals surface area contributed by atoms with Crippen LogP contribution in [0.15, 0.2) is 0 Å². The molecule has 0 aromatic heterocycles. The van der Waals surface area contributed by atoms with Crippen LogP contribution in [0, 0.1) is 5.92 Å². The topological polar surface area (TPSA) is 50.8 Å². The monoisotopic (exact) mass is 242 g/mol. The molecule has 2 heterocycles. The van der Waals surface area contributed by atoms with Crippen molar-refractivity contribution < 1.29 is 14.3 Å². The molecule has 0 radical (unpaired) electrons. The lowest BCUT2D eigenvalue weighted by atomic mass is 9.98. The minimum absolute atomic E-state index is 0.0505. The summed E-state index contributed by atoms with van der Waals surface area (Å²) in [4.78, 5) is 13.7. The average molecular weight is 242 g/mol. The lowest BCUT2D eigenvalue weighted by Gasteiger charge is -2.34. The van der Waals surface area contributed by atoms with E-state index in [1.54, 1.807) is 0 Å². The Morgan fingerprint density at radius 1 is 1.41 bits per heavy atom. The van der Waals surface area contributed by atoms with Crippen LogP contribution in [0.25, 0.3) is 0 Å². The van der Waals surface area contributed by atoms with E-state index in [-0.39, 0.29) is 12.3 Å². The number of amides is 2. The van der Waals surface area contributed by atoms with E-state index < -0.39 is 0 Å². The summed E-state index contributed by atoms with van der Waals surface area (Å²) >= 11 is 0. The molecule has 1 atom stereocenters. The molecular weight excluding hydrogens is 220 g/mol. The van der Waals surface area contributed by atoms with Crippen LogP contribution in [-0.4, -0.2) is 50.1 Å². The van der Waals surface area contributed by atoms with Gasteiger partial charge in [0.2, 0.25) is 0 Å². The number of ether oxygens (including phenoxy) is 2.